The number of allylic oxidation sites excluding steroid dienone is 1. The molecule has 1 amide bonds. The molecule has 0 saturated carbocycles. The molecule has 3 aromatic carbocycles. The van der Waals surface area contributed by atoms with Gasteiger partial charge in [0, 0.05) is 11.6 Å². The summed E-state index contributed by atoms with van der Waals surface area (Å²) in [6.07, 6.45) is 3.67. The van der Waals surface area contributed by atoms with Crippen molar-refractivity contribution in [1.29, 1.82) is 0 Å². The Morgan fingerprint density at radius 2 is 1.66 bits per heavy atom. The molecule has 0 bridgehead atoms. The topological polar surface area (TPSA) is 57.6 Å². The Morgan fingerprint density at radius 3 is 2.34 bits per heavy atom. The van der Waals surface area contributed by atoms with Crippen LogP contribution in [0.15, 0.2) is 102 Å². The molecule has 4 nitrogen and oxygen atoms in total. The second-order valence-electron chi connectivity index (χ2n) is 7.56. The van der Waals surface area contributed by atoms with Gasteiger partial charge < -0.3 is 10.0 Å². The second-order valence-corrected chi connectivity index (χ2v) is 8.00. The van der Waals surface area contributed by atoms with Crippen molar-refractivity contribution in [2.24, 2.45) is 0 Å². The van der Waals surface area contributed by atoms with E-state index in [-0.39, 0.29) is 5.57 Å². The number of nitrogens with zero attached hydrogens (tertiary/aromatic N) is 1. The van der Waals surface area contributed by atoms with Crippen LogP contribution in [0.1, 0.15) is 22.7 Å². The van der Waals surface area contributed by atoms with Crippen molar-refractivity contribution in [3.05, 3.63) is 124 Å². The molecule has 1 N–H and O–H groups in total. The van der Waals surface area contributed by atoms with Gasteiger partial charge in [-0.3, -0.25) is 9.59 Å². The van der Waals surface area contributed by atoms with Gasteiger partial charge in [0.15, 0.2) is 11.5 Å². The van der Waals surface area contributed by atoms with Gasteiger partial charge in [-0.1, -0.05) is 90.5 Å². The summed E-state index contributed by atoms with van der Waals surface area (Å²) in [5.74, 6) is -1.47. The molecule has 0 spiro atoms. The lowest BCUT2D eigenvalue weighted by atomic mass is 9.95. The third-order valence-electron chi connectivity index (χ3n) is 5.44. The molecule has 160 valence electrons. The third kappa shape index (κ3) is 4.66. The van der Waals surface area contributed by atoms with E-state index >= 15 is 0 Å². The molecule has 0 aliphatic carbocycles. The number of carbonyl (C=O) groups is 2. The quantitative estimate of drug-likeness (QED) is 0.486. The van der Waals surface area contributed by atoms with E-state index in [9.17, 15) is 14.7 Å². The van der Waals surface area contributed by atoms with Gasteiger partial charge in [0.05, 0.1) is 11.6 Å². The molecule has 5 heteroatoms. The smallest absolute Gasteiger partial charge is 0.290 e. The molecule has 0 radical (unpaired) electrons. The van der Waals surface area contributed by atoms with E-state index in [4.69, 9.17) is 11.6 Å². The molecule has 1 aliphatic rings. The van der Waals surface area contributed by atoms with Gasteiger partial charge in [-0.05, 0) is 41.3 Å². The molecule has 0 saturated heterocycles. The zero-order valence-electron chi connectivity index (χ0n) is 17.3. The van der Waals surface area contributed by atoms with E-state index in [1.54, 1.807) is 24.3 Å². The van der Waals surface area contributed by atoms with Gasteiger partial charge in [-0.25, -0.2) is 0 Å². The molecular weight excluding hydrogens is 422 g/mol. The van der Waals surface area contributed by atoms with Gasteiger partial charge in [-0.2, -0.15) is 0 Å². The van der Waals surface area contributed by atoms with Crippen LogP contribution in [0.25, 0.3) is 6.08 Å². The van der Waals surface area contributed by atoms with Crippen LogP contribution >= 0.6 is 11.6 Å². The first-order valence-electron chi connectivity index (χ1n) is 10.4. The predicted molar refractivity (Wildman–Crippen MR) is 126 cm³/mol. The van der Waals surface area contributed by atoms with Crippen LogP contribution in [0.5, 0.6) is 0 Å². The molecule has 3 aromatic rings. The average Bonchev–Trinajstić information content (AvgIpc) is 3.07. The SMILES string of the molecule is O=C(C=Cc1ccccc1)C1=C(O)C(=O)N(CCc2ccccc2)C1c1cccc(Cl)c1. The lowest BCUT2D eigenvalue weighted by Gasteiger charge is -2.27. The normalized spacial score (nSPS) is 16.2. The second kappa shape index (κ2) is 9.67. The van der Waals surface area contributed by atoms with E-state index in [1.165, 1.54) is 11.0 Å². The molecular formula is C27H22ClNO3. The Bertz CT molecular complexity index is 1190. The third-order valence-corrected chi connectivity index (χ3v) is 5.68. The Balaban J connectivity index is 1.67. The zero-order valence-corrected chi connectivity index (χ0v) is 18.1. The van der Waals surface area contributed by atoms with E-state index in [0.717, 1.165) is 11.1 Å². The molecule has 0 aromatic heterocycles. The van der Waals surface area contributed by atoms with Crippen molar-refractivity contribution >= 4 is 29.4 Å². The summed E-state index contributed by atoms with van der Waals surface area (Å²) >= 11 is 6.20. The van der Waals surface area contributed by atoms with Crippen LogP contribution in [-0.4, -0.2) is 28.2 Å². The lowest BCUT2D eigenvalue weighted by Crippen LogP contribution is -2.33. The standard InChI is InChI=1S/C27H22ClNO3/c28-22-13-7-12-21(18-22)25-24(23(30)15-14-19-8-3-1-4-9-19)26(31)27(32)29(25)17-16-20-10-5-2-6-11-20/h1-15,18,25,31H,16-17H2. The highest BCUT2D eigenvalue weighted by molar-refractivity contribution is 6.30. The number of halogens is 1. The summed E-state index contributed by atoms with van der Waals surface area (Å²) in [6, 6.07) is 25.5. The largest absolute Gasteiger partial charge is 0.503 e. The van der Waals surface area contributed by atoms with Crippen molar-refractivity contribution in [3.63, 3.8) is 0 Å². The maximum atomic E-state index is 13.1. The van der Waals surface area contributed by atoms with Gasteiger partial charge in [0.2, 0.25) is 0 Å². The fraction of sp³-hybridized carbons (Fsp3) is 0.111. The molecule has 4 rings (SSSR count). The monoisotopic (exact) mass is 443 g/mol. The molecule has 1 aliphatic heterocycles. The fourth-order valence-corrected chi connectivity index (χ4v) is 4.08. The minimum atomic E-state index is -0.710. The Hall–Kier alpha value is -3.63. The highest BCUT2D eigenvalue weighted by atomic mass is 35.5. The number of ketones is 1. The van der Waals surface area contributed by atoms with Crippen molar-refractivity contribution in [2.45, 2.75) is 12.5 Å². The maximum absolute atomic E-state index is 13.1. The van der Waals surface area contributed by atoms with E-state index < -0.39 is 23.5 Å². The highest BCUT2D eigenvalue weighted by Crippen LogP contribution is 2.38. The molecule has 1 heterocycles. The zero-order chi connectivity index (χ0) is 22.5. The molecule has 0 fully saturated rings. The number of aliphatic hydroxyl groups is 1. The number of rotatable bonds is 7. The number of amides is 1. The minimum absolute atomic E-state index is 0.0671. The number of carbonyl (C=O) groups excluding carboxylic acids is 2. The van der Waals surface area contributed by atoms with Crippen molar-refractivity contribution in [1.82, 2.24) is 4.90 Å². The highest BCUT2D eigenvalue weighted by Gasteiger charge is 2.42. The minimum Gasteiger partial charge on any atom is -0.503 e. The summed E-state index contributed by atoms with van der Waals surface area (Å²) in [4.78, 5) is 27.7. The fourth-order valence-electron chi connectivity index (χ4n) is 3.88. The predicted octanol–water partition coefficient (Wildman–Crippen LogP) is 5.56. The van der Waals surface area contributed by atoms with Crippen LogP contribution < -0.4 is 0 Å². The Labute approximate surface area is 192 Å². The van der Waals surface area contributed by atoms with Crippen LogP contribution in [0.4, 0.5) is 0 Å². The first-order chi connectivity index (χ1) is 15.5. The summed E-state index contributed by atoms with van der Waals surface area (Å²) in [5, 5.41) is 11.2. The maximum Gasteiger partial charge on any atom is 0.290 e. The molecule has 1 unspecified atom stereocenters. The summed E-state index contributed by atoms with van der Waals surface area (Å²) in [7, 11) is 0. The van der Waals surface area contributed by atoms with Gasteiger partial charge in [-0.15, -0.1) is 0 Å². The number of hydrogen-bond donors (Lipinski definition) is 1. The lowest BCUT2D eigenvalue weighted by molar-refractivity contribution is -0.129. The Kier molecular flexibility index (Phi) is 6.52. The van der Waals surface area contributed by atoms with Gasteiger partial charge >= 0.3 is 0 Å². The van der Waals surface area contributed by atoms with Crippen molar-refractivity contribution < 1.29 is 14.7 Å². The Morgan fingerprint density at radius 1 is 0.969 bits per heavy atom. The number of aliphatic hydroxyl groups excluding tert-OH is 1. The van der Waals surface area contributed by atoms with Crippen LogP contribution in [0, 0.1) is 0 Å². The summed E-state index contributed by atoms with van der Waals surface area (Å²) in [5.41, 5.74) is 2.66. The van der Waals surface area contributed by atoms with Gasteiger partial charge in [0.25, 0.3) is 5.91 Å². The van der Waals surface area contributed by atoms with Crippen LogP contribution in [0.3, 0.4) is 0 Å². The van der Waals surface area contributed by atoms with Crippen LogP contribution in [-0.2, 0) is 16.0 Å². The van der Waals surface area contributed by atoms with Gasteiger partial charge in [0.1, 0.15) is 0 Å². The van der Waals surface area contributed by atoms with E-state index in [1.807, 2.05) is 66.7 Å². The van der Waals surface area contributed by atoms with Crippen LogP contribution in [0.2, 0.25) is 5.02 Å². The molecule has 32 heavy (non-hydrogen) atoms. The van der Waals surface area contributed by atoms with E-state index in [0.29, 0.717) is 23.6 Å². The van der Waals surface area contributed by atoms with Crippen molar-refractivity contribution in [2.75, 3.05) is 6.54 Å². The summed E-state index contributed by atoms with van der Waals surface area (Å²) in [6.45, 7) is 0.350. The van der Waals surface area contributed by atoms with Crippen molar-refractivity contribution in [3.8, 4) is 0 Å². The van der Waals surface area contributed by atoms with E-state index in [2.05, 4.69) is 0 Å². The average molecular weight is 444 g/mol. The number of hydrogen-bond acceptors (Lipinski definition) is 3. The summed E-state index contributed by atoms with van der Waals surface area (Å²) < 4.78 is 0. The number of benzene rings is 3. The molecule has 1 atom stereocenters. The first-order valence-corrected chi connectivity index (χ1v) is 10.7. The first kappa shape index (κ1) is 21.6.